The molecule has 0 radical (unpaired) electrons. The number of benzene rings is 1. The van der Waals surface area contributed by atoms with E-state index in [1.54, 1.807) is 12.4 Å². The first-order chi connectivity index (χ1) is 14.6. The summed E-state index contributed by atoms with van der Waals surface area (Å²) >= 11 is 5.96. The van der Waals surface area contributed by atoms with Gasteiger partial charge in [0, 0.05) is 63.0 Å². The summed E-state index contributed by atoms with van der Waals surface area (Å²) in [6.45, 7) is 4.75. The Kier molecular flexibility index (Phi) is 6.44. The third-order valence-corrected chi connectivity index (χ3v) is 5.60. The Morgan fingerprint density at radius 1 is 0.933 bits per heavy atom. The Balaban J connectivity index is 1.31. The van der Waals surface area contributed by atoms with Crippen molar-refractivity contribution < 1.29 is 14.3 Å². The smallest absolute Gasteiger partial charge is 0.257 e. The Labute approximate surface area is 180 Å². The van der Waals surface area contributed by atoms with Gasteiger partial charge in [0.2, 0.25) is 11.8 Å². The SMILES string of the molecule is O=C1CCC(=O)N1CCOc1nccnc1N1CCN(Cc2ccc(Cl)cc2)CC1. The number of amides is 2. The molecule has 3 heterocycles. The number of halogens is 1. The molecule has 0 spiro atoms. The molecule has 0 unspecified atom stereocenters. The van der Waals surface area contributed by atoms with Crippen LogP contribution >= 0.6 is 11.6 Å². The number of hydrogen-bond donors (Lipinski definition) is 0. The Bertz CT molecular complexity index is 884. The van der Waals surface area contributed by atoms with Crippen LogP contribution in [0.15, 0.2) is 36.7 Å². The highest BCUT2D eigenvalue weighted by atomic mass is 35.5. The van der Waals surface area contributed by atoms with E-state index in [0.717, 1.165) is 37.7 Å². The largest absolute Gasteiger partial charge is 0.473 e. The summed E-state index contributed by atoms with van der Waals surface area (Å²) in [6, 6.07) is 7.94. The molecular formula is C21H24ClN5O3. The van der Waals surface area contributed by atoms with E-state index in [4.69, 9.17) is 16.3 Å². The number of ether oxygens (including phenoxy) is 1. The van der Waals surface area contributed by atoms with Gasteiger partial charge in [-0.3, -0.25) is 19.4 Å². The molecule has 30 heavy (non-hydrogen) atoms. The lowest BCUT2D eigenvalue weighted by atomic mass is 10.2. The van der Waals surface area contributed by atoms with Crippen LogP contribution in [0.5, 0.6) is 5.88 Å². The Morgan fingerprint density at radius 2 is 1.60 bits per heavy atom. The van der Waals surface area contributed by atoms with Crippen LogP contribution < -0.4 is 9.64 Å². The van der Waals surface area contributed by atoms with Gasteiger partial charge >= 0.3 is 0 Å². The molecule has 2 aliphatic heterocycles. The molecule has 158 valence electrons. The summed E-state index contributed by atoms with van der Waals surface area (Å²) in [5, 5.41) is 0.747. The molecular weight excluding hydrogens is 406 g/mol. The number of aromatic nitrogens is 2. The zero-order chi connectivity index (χ0) is 20.9. The first-order valence-electron chi connectivity index (χ1n) is 10.1. The third kappa shape index (κ3) is 4.88. The molecule has 2 aliphatic rings. The maximum atomic E-state index is 11.7. The standard InChI is InChI=1S/C21H24ClN5O3/c22-17-3-1-16(2-4-17)15-25-9-11-26(12-10-25)20-21(24-8-7-23-20)30-14-13-27-18(28)5-6-19(27)29/h1-4,7-8H,5-6,9-15H2. The molecule has 0 aliphatic carbocycles. The van der Waals surface area contributed by atoms with Crippen LogP contribution in [0.3, 0.4) is 0 Å². The molecule has 8 nitrogen and oxygen atoms in total. The lowest BCUT2D eigenvalue weighted by molar-refractivity contribution is -0.138. The van der Waals surface area contributed by atoms with E-state index < -0.39 is 0 Å². The van der Waals surface area contributed by atoms with Gasteiger partial charge in [0.05, 0.1) is 6.54 Å². The fraction of sp³-hybridized carbons (Fsp3) is 0.429. The normalized spacial score (nSPS) is 17.6. The van der Waals surface area contributed by atoms with Crippen LogP contribution in [0.4, 0.5) is 5.82 Å². The monoisotopic (exact) mass is 429 g/mol. The van der Waals surface area contributed by atoms with Crippen LogP contribution in [-0.2, 0) is 16.1 Å². The maximum Gasteiger partial charge on any atom is 0.257 e. The molecule has 2 saturated heterocycles. The van der Waals surface area contributed by atoms with E-state index >= 15 is 0 Å². The molecule has 0 saturated carbocycles. The van der Waals surface area contributed by atoms with E-state index in [9.17, 15) is 9.59 Å². The lowest BCUT2D eigenvalue weighted by Crippen LogP contribution is -2.46. The fourth-order valence-electron chi connectivity index (χ4n) is 3.71. The molecule has 0 N–H and O–H groups in total. The van der Waals surface area contributed by atoms with Gasteiger partial charge in [-0.25, -0.2) is 9.97 Å². The number of carbonyl (C=O) groups excluding carboxylic acids is 2. The van der Waals surface area contributed by atoms with Crippen molar-refractivity contribution in [1.29, 1.82) is 0 Å². The van der Waals surface area contributed by atoms with Crippen LogP contribution in [0.25, 0.3) is 0 Å². The predicted octanol–water partition coefficient (Wildman–Crippen LogP) is 1.98. The number of likely N-dealkylation sites (tertiary alicyclic amines) is 1. The second-order valence-electron chi connectivity index (χ2n) is 7.36. The van der Waals surface area contributed by atoms with Crippen LogP contribution in [0.1, 0.15) is 18.4 Å². The van der Waals surface area contributed by atoms with Crippen molar-refractivity contribution in [3.05, 3.63) is 47.2 Å². The number of imide groups is 1. The minimum atomic E-state index is -0.139. The number of carbonyl (C=O) groups is 2. The van der Waals surface area contributed by atoms with Gasteiger partial charge < -0.3 is 9.64 Å². The van der Waals surface area contributed by atoms with Gasteiger partial charge in [-0.15, -0.1) is 0 Å². The molecule has 1 aromatic carbocycles. The van der Waals surface area contributed by atoms with Gasteiger partial charge in [-0.1, -0.05) is 23.7 Å². The average Bonchev–Trinajstić information content (AvgIpc) is 3.08. The highest BCUT2D eigenvalue weighted by molar-refractivity contribution is 6.30. The van der Waals surface area contributed by atoms with Crippen molar-refractivity contribution in [3.63, 3.8) is 0 Å². The van der Waals surface area contributed by atoms with E-state index in [0.29, 0.717) is 11.7 Å². The third-order valence-electron chi connectivity index (χ3n) is 5.35. The second kappa shape index (κ2) is 9.40. The van der Waals surface area contributed by atoms with E-state index in [1.807, 2.05) is 12.1 Å². The summed E-state index contributed by atoms with van der Waals surface area (Å²) < 4.78 is 5.80. The summed E-state index contributed by atoms with van der Waals surface area (Å²) in [5.74, 6) is 0.852. The van der Waals surface area contributed by atoms with E-state index in [-0.39, 0.29) is 37.8 Å². The molecule has 2 amide bonds. The number of piperazine rings is 1. The second-order valence-corrected chi connectivity index (χ2v) is 7.80. The summed E-state index contributed by atoms with van der Waals surface area (Å²) in [6.07, 6.45) is 3.81. The molecule has 1 aromatic heterocycles. The number of anilines is 1. The molecule has 0 atom stereocenters. The van der Waals surface area contributed by atoms with Crippen molar-refractivity contribution in [2.45, 2.75) is 19.4 Å². The molecule has 2 aromatic rings. The van der Waals surface area contributed by atoms with Gasteiger partial charge in [-0.2, -0.15) is 0 Å². The summed E-state index contributed by atoms with van der Waals surface area (Å²) in [4.78, 5) is 38.0. The van der Waals surface area contributed by atoms with Crippen LogP contribution in [0.2, 0.25) is 5.02 Å². The predicted molar refractivity (Wildman–Crippen MR) is 112 cm³/mol. The topological polar surface area (TPSA) is 78.9 Å². The van der Waals surface area contributed by atoms with Gasteiger partial charge in [-0.05, 0) is 17.7 Å². The van der Waals surface area contributed by atoms with Crippen molar-refractivity contribution in [2.75, 3.05) is 44.2 Å². The molecule has 2 fully saturated rings. The van der Waals surface area contributed by atoms with Crippen LogP contribution in [0, 0.1) is 0 Å². The highest BCUT2D eigenvalue weighted by Crippen LogP contribution is 2.24. The van der Waals surface area contributed by atoms with Gasteiger partial charge in [0.25, 0.3) is 5.88 Å². The van der Waals surface area contributed by atoms with Crippen molar-refractivity contribution in [2.24, 2.45) is 0 Å². The molecule has 9 heteroatoms. The first-order valence-corrected chi connectivity index (χ1v) is 10.5. The quantitative estimate of drug-likeness (QED) is 0.622. The van der Waals surface area contributed by atoms with Crippen molar-refractivity contribution in [3.8, 4) is 5.88 Å². The minimum absolute atomic E-state index is 0.139. The highest BCUT2D eigenvalue weighted by Gasteiger charge is 2.28. The zero-order valence-electron chi connectivity index (χ0n) is 16.7. The molecule has 4 rings (SSSR count). The van der Waals surface area contributed by atoms with E-state index in [1.165, 1.54) is 10.5 Å². The molecule has 0 bridgehead atoms. The van der Waals surface area contributed by atoms with Crippen molar-refractivity contribution >= 4 is 29.2 Å². The Hall–Kier alpha value is -2.71. The zero-order valence-corrected chi connectivity index (χ0v) is 17.4. The minimum Gasteiger partial charge on any atom is -0.473 e. The number of rotatable bonds is 7. The summed E-state index contributed by atoms with van der Waals surface area (Å²) in [7, 11) is 0. The maximum absolute atomic E-state index is 11.7. The Morgan fingerprint density at radius 3 is 2.30 bits per heavy atom. The number of hydrogen-bond acceptors (Lipinski definition) is 7. The number of nitrogens with zero attached hydrogens (tertiary/aromatic N) is 5. The van der Waals surface area contributed by atoms with Gasteiger partial charge in [0.15, 0.2) is 5.82 Å². The van der Waals surface area contributed by atoms with Crippen LogP contribution in [-0.4, -0.2) is 70.9 Å². The lowest BCUT2D eigenvalue weighted by Gasteiger charge is -2.35. The average molecular weight is 430 g/mol. The fourth-order valence-corrected chi connectivity index (χ4v) is 3.83. The van der Waals surface area contributed by atoms with Gasteiger partial charge in [0.1, 0.15) is 6.61 Å². The first kappa shape index (κ1) is 20.6. The summed E-state index contributed by atoms with van der Waals surface area (Å²) in [5.41, 5.74) is 1.24. The van der Waals surface area contributed by atoms with Crippen molar-refractivity contribution in [1.82, 2.24) is 19.8 Å². The van der Waals surface area contributed by atoms with E-state index in [2.05, 4.69) is 31.9 Å².